The smallest absolute Gasteiger partial charge is 0.342 e. The highest BCUT2D eigenvalue weighted by Gasteiger charge is 2.22. The summed E-state index contributed by atoms with van der Waals surface area (Å²) >= 11 is 0. The van der Waals surface area contributed by atoms with Gasteiger partial charge in [0.25, 0.3) is 0 Å². The Morgan fingerprint density at radius 2 is 1.56 bits per heavy atom. The predicted octanol–water partition coefficient (Wildman–Crippen LogP) is 6.69. The minimum Gasteiger partial charge on any atom is -0.462 e. The monoisotopic (exact) mass is 539 g/mol. The summed E-state index contributed by atoms with van der Waals surface area (Å²) in [5.41, 5.74) is 3.59. The van der Waals surface area contributed by atoms with Crippen LogP contribution in [-0.4, -0.2) is 37.5 Å². The van der Waals surface area contributed by atoms with Crippen LogP contribution in [0, 0.1) is 6.92 Å². The number of aryl methyl sites for hydroxylation is 1. The molecule has 0 saturated heterocycles. The van der Waals surface area contributed by atoms with Crippen LogP contribution in [-0.2, 0) is 11.3 Å². The quantitative estimate of drug-likeness (QED) is 0.165. The Bertz CT molecular complexity index is 2040. The Hall–Kier alpha value is -5.37. The summed E-state index contributed by atoms with van der Waals surface area (Å²) in [7, 11) is 0. The van der Waals surface area contributed by atoms with E-state index in [1.54, 1.807) is 18.5 Å². The van der Waals surface area contributed by atoms with Gasteiger partial charge in [-0.3, -0.25) is 0 Å². The average Bonchev–Trinajstić information content (AvgIpc) is 3.48. The first-order valence-electron chi connectivity index (χ1n) is 13.4. The first-order chi connectivity index (χ1) is 20.1. The highest BCUT2D eigenvalue weighted by molar-refractivity contribution is 6.24. The fourth-order valence-corrected chi connectivity index (χ4v) is 5.40. The molecule has 5 aromatic carbocycles. The van der Waals surface area contributed by atoms with Crippen LogP contribution in [0.3, 0.4) is 0 Å². The van der Waals surface area contributed by atoms with Gasteiger partial charge in [0.15, 0.2) is 0 Å². The van der Waals surface area contributed by atoms with Gasteiger partial charge in [-0.25, -0.2) is 9.48 Å². The summed E-state index contributed by atoms with van der Waals surface area (Å²) in [6.45, 7) is 3.88. The number of hydrogen-bond acceptors (Lipinski definition) is 7. The van der Waals surface area contributed by atoms with Crippen LogP contribution in [0.4, 0.5) is 0 Å². The van der Waals surface area contributed by atoms with Crippen molar-refractivity contribution in [1.82, 2.24) is 25.0 Å². The van der Waals surface area contributed by atoms with E-state index in [1.165, 1.54) is 26.9 Å². The number of rotatable bonds is 7. The molecule has 7 rings (SSSR count). The van der Waals surface area contributed by atoms with Gasteiger partial charge < -0.3 is 9.47 Å². The van der Waals surface area contributed by atoms with E-state index < -0.39 is 5.97 Å². The molecular weight excluding hydrogens is 514 g/mol. The molecule has 0 bridgehead atoms. The van der Waals surface area contributed by atoms with Gasteiger partial charge in [-0.05, 0) is 46.8 Å². The van der Waals surface area contributed by atoms with E-state index >= 15 is 0 Å². The maximum atomic E-state index is 12.7. The molecule has 0 aliphatic carbocycles. The molecule has 0 N–H and O–H groups in total. The van der Waals surface area contributed by atoms with E-state index in [0.29, 0.717) is 22.6 Å². The zero-order valence-corrected chi connectivity index (χ0v) is 22.5. The fraction of sp³-hybridized carbons (Fsp3) is 0.121. The van der Waals surface area contributed by atoms with Crippen LogP contribution in [0.1, 0.15) is 28.7 Å². The van der Waals surface area contributed by atoms with Crippen molar-refractivity contribution in [3.8, 4) is 23.0 Å². The van der Waals surface area contributed by atoms with Crippen LogP contribution < -0.4 is 4.74 Å². The molecule has 0 aliphatic heterocycles. The predicted molar refractivity (Wildman–Crippen MR) is 158 cm³/mol. The van der Waals surface area contributed by atoms with Crippen molar-refractivity contribution in [1.29, 1.82) is 0 Å². The molecule has 0 unspecified atom stereocenters. The summed E-state index contributed by atoms with van der Waals surface area (Å²) in [6.07, 6.45) is 1.85. The van der Waals surface area contributed by atoms with Crippen LogP contribution in [0.25, 0.3) is 49.3 Å². The van der Waals surface area contributed by atoms with Crippen LogP contribution in [0.2, 0.25) is 0 Å². The minimum absolute atomic E-state index is 0.109. The number of hydrogen-bond donors (Lipinski definition) is 0. The van der Waals surface area contributed by atoms with Crippen LogP contribution in [0.15, 0.2) is 91.1 Å². The molecule has 0 radical (unpaired) electrons. The SMILES string of the molecule is CCOC(=O)c1c(C)nc(OCc2cn(-c3ccc4ccc5cccc6ccc3c4c56)nn2)nc1-c1ccccc1. The summed E-state index contributed by atoms with van der Waals surface area (Å²) in [4.78, 5) is 21.8. The molecule has 2 heterocycles. The second-order valence-corrected chi connectivity index (χ2v) is 9.79. The van der Waals surface area contributed by atoms with Gasteiger partial charge in [-0.15, -0.1) is 5.10 Å². The van der Waals surface area contributed by atoms with Gasteiger partial charge in [-0.2, -0.15) is 9.97 Å². The van der Waals surface area contributed by atoms with Crippen molar-refractivity contribution in [2.24, 2.45) is 0 Å². The summed E-state index contributed by atoms with van der Waals surface area (Å²) < 4.78 is 13.0. The second kappa shape index (κ2) is 9.98. The van der Waals surface area contributed by atoms with E-state index in [1.807, 2.05) is 36.5 Å². The minimum atomic E-state index is -0.466. The van der Waals surface area contributed by atoms with Gasteiger partial charge in [0, 0.05) is 10.9 Å². The first-order valence-corrected chi connectivity index (χ1v) is 13.4. The van der Waals surface area contributed by atoms with Crippen molar-refractivity contribution < 1.29 is 14.3 Å². The average molecular weight is 540 g/mol. The maximum absolute atomic E-state index is 12.7. The molecule has 0 spiro atoms. The van der Waals surface area contributed by atoms with Gasteiger partial charge in [0.2, 0.25) is 0 Å². The molecule has 8 heteroatoms. The van der Waals surface area contributed by atoms with Gasteiger partial charge in [0.05, 0.1) is 29.9 Å². The first kappa shape index (κ1) is 24.7. The molecule has 0 fully saturated rings. The summed E-state index contributed by atoms with van der Waals surface area (Å²) in [5, 5.41) is 15.9. The van der Waals surface area contributed by atoms with Crippen molar-refractivity contribution in [3.63, 3.8) is 0 Å². The fourth-order valence-electron chi connectivity index (χ4n) is 5.40. The topological polar surface area (TPSA) is 92.0 Å². The third-order valence-corrected chi connectivity index (χ3v) is 7.24. The number of nitrogens with zero attached hydrogens (tertiary/aromatic N) is 5. The zero-order valence-electron chi connectivity index (χ0n) is 22.5. The highest BCUT2D eigenvalue weighted by Crippen LogP contribution is 2.37. The Labute approximate surface area is 235 Å². The Kier molecular flexibility index (Phi) is 6.00. The lowest BCUT2D eigenvalue weighted by Crippen LogP contribution is -2.13. The van der Waals surface area contributed by atoms with E-state index in [4.69, 9.17) is 9.47 Å². The van der Waals surface area contributed by atoms with Crippen molar-refractivity contribution in [2.45, 2.75) is 20.5 Å². The van der Waals surface area contributed by atoms with Crippen molar-refractivity contribution in [3.05, 3.63) is 108 Å². The normalized spacial score (nSPS) is 11.5. The van der Waals surface area contributed by atoms with E-state index in [0.717, 1.165) is 16.6 Å². The van der Waals surface area contributed by atoms with Crippen LogP contribution >= 0.6 is 0 Å². The number of aromatic nitrogens is 5. The number of benzene rings is 5. The molecule has 0 saturated carbocycles. The molecule has 7 aromatic rings. The molecule has 0 atom stereocenters. The highest BCUT2D eigenvalue weighted by atomic mass is 16.5. The van der Waals surface area contributed by atoms with Crippen molar-refractivity contribution in [2.75, 3.05) is 6.61 Å². The second-order valence-electron chi connectivity index (χ2n) is 9.79. The van der Waals surface area contributed by atoms with Gasteiger partial charge in [-0.1, -0.05) is 84.1 Å². The molecule has 41 heavy (non-hydrogen) atoms. The summed E-state index contributed by atoms with van der Waals surface area (Å²) in [6, 6.07) is 28.8. The third-order valence-electron chi connectivity index (χ3n) is 7.24. The molecule has 2 aromatic heterocycles. The lowest BCUT2D eigenvalue weighted by Gasteiger charge is -2.13. The van der Waals surface area contributed by atoms with Crippen LogP contribution in [0.5, 0.6) is 6.01 Å². The largest absolute Gasteiger partial charge is 0.462 e. The van der Waals surface area contributed by atoms with E-state index in [2.05, 4.69) is 74.9 Å². The lowest BCUT2D eigenvalue weighted by molar-refractivity contribution is 0.0525. The number of esters is 1. The lowest BCUT2D eigenvalue weighted by atomic mass is 9.93. The molecular formula is C33H25N5O3. The molecule has 8 nitrogen and oxygen atoms in total. The molecule has 200 valence electrons. The molecule has 0 amide bonds. The third kappa shape index (κ3) is 4.30. The number of carbonyl (C=O) groups excluding carboxylic acids is 1. The maximum Gasteiger partial charge on any atom is 0.342 e. The number of ether oxygens (including phenoxy) is 2. The Morgan fingerprint density at radius 3 is 2.34 bits per heavy atom. The summed E-state index contributed by atoms with van der Waals surface area (Å²) in [5.74, 6) is -0.466. The zero-order chi connectivity index (χ0) is 27.9. The Balaban J connectivity index is 1.21. The van der Waals surface area contributed by atoms with Gasteiger partial charge in [0.1, 0.15) is 17.9 Å². The molecule has 0 aliphatic rings. The van der Waals surface area contributed by atoms with E-state index in [9.17, 15) is 4.79 Å². The number of carbonyl (C=O) groups is 1. The Morgan fingerprint density at radius 1 is 0.829 bits per heavy atom. The van der Waals surface area contributed by atoms with E-state index in [-0.39, 0.29) is 19.2 Å². The standard InChI is InChI=1S/C33H25N5O3/c1-3-40-32(39)28-20(2)34-33(35-31(28)24-8-5-4-6-9-24)41-19-25-18-38(37-36-25)27-17-15-23-13-12-21-10-7-11-22-14-16-26(27)30(23)29(21)22/h4-18H,3,19H2,1-2H3. The van der Waals surface area contributed by atoms with Crippen molar-refractivity contribution >= 4 is 38.3 Å². The van der Waals surface area contributed by atoms with Gasteiger partial charge >= 0.3 is 12.0 Å².